The van der Waals surface area contributed by atoms with Crippen molar-refractivity contribution in [2.24, 2.45) is 0 Å². The quantitative estimate of drug-likeness (QED) is 0.148. The lowest BCUT2D eigenvalue weighted by Gasteiger charge is -2.21. The van der Waals surface area contributed by atoms with Gasteiger partial charge in [0.2, 0.25) is 0 Å². The van der Waals surface area contributed by atoms with Crippen LogP contribution in [0.3, 0.4) is 0 Å². The van der Waals surface area contributed by atoms with E-state index in [0.29, 0.717) is 50.8 Å². The van der Waals surface area contributed by atoms with E-state index < -0.39 is 0 Å². The first-order chi connectivity index (χ1) is 36.2. The van der Waals surface area contributed by atoms with E-state index in [-0.39, 0.29) is 0 Å². The second kappa shape index (κ2) is 17.8. The van der Waals surface area contributed by atoms with E-state index in [0.717, 1.165) is 99.5 Å². The van der Waals surface area contributed by atoms with Crippen LogP contribution in [0.15, 0.2) is 188 Å². The molecule has 3 aromatic heterocycles. The second-order valence-corrected chi connectivity index (χ2v) is 18.3. The molecule has 0 aliphatic heterocycles. The maximum atomic E-state index is 11.2. The van der Waals surface area contributed by atoms with Gasteiger partial charge in [0.1, 0.15) is 0 Å². The first-order valence-electron chi connectivity index (χ1n) is 23.8. The highest BCUT2D eigenvalue weighted by Crippen LogP contribution is 2.45. The van der Waals surface area contributed by atoms with E-state index in [9.17, 15) is 15.8 Å². The molecule has 12 rings (SSSR count). The summed E-state index contributed by atoms with van der Waals surface area (Å²) in [7, 11) is 0. The van der Waals surface area contributed by atoms with E-state index >= 15 is 0 Å². The van der Waals surface area contributed by atoms with E-state index in [4.69, 9.17) is 23.1 Å². The van der Waals surface area contributed by atoms with Crippen molar-refractivity contribution in [2.45, 2.75) is 13.8 Å². The Labute approximate surface area is 426 Å². The van der Waals surface area contributed by atoms with E-state index in [2.05, 4.69) is 110 Å². The lowest BCUT2D eigenvalue weighted by Crippen LogP contribution is -2.08. The first-order valence-corrected chi connectivity index (χ1v) is 23.8. The third kappa shape index (κ3) is 7.54. The molecule has 0 saturated carbocycles. The van der Waals surface area contributed by atoms with Crippen LogP contribution < -0.4 is 0 Å². The zero-order chi connectivity index (χ0) is 50.6. The molecule has 9 aromatic carbocycles. The van der Waals surface area contributed by atoms with Crippen LogP contribution in [0.4, 0.5) is 11.4 Å². The number of nitrogens with zero attached hydrogens (tertiary/aromatic N) is 9. The Morgan fingerprint density at radius 2 is 0.662 bits per heavy atom. The van der Waals surface area contributed by atoms with E-state index in [1.807, 2.05) is 129 Å². The fourth-order valence-corrected chi connectivity index (χ4v) is 10.3. The largest absolute Gasteiger partial charge is 0.308 e. The molecule has 0 spiro atoms. The molecule has 0 saturated heterocycles. The van der Waals surface area contributed by atoms with Crippen LogP contribution >= 0.6 is 0 Å². The maximum absolute atomic E-state index is 11.2. The van der Waals surface area contributed by atoms with Crippen molar-refractivity contribution in [1.29, 1.82) is 15.8 Å². The van der Waals surface area contributed by atoms with Crippen molar-refractivity contribution >= 4 is 55.0 Å². The van der Waals surface area contributed by atoms with Gasteiger partial charge in [0.25, 0.3) is 0 Å². The average molecular weight is 944 g/mol. The number of rotatable bonds is 7. The molecule has 74 heavy (non-hydrogen) atoms. The smallest absolute Gasteiger partial charge is 0.187 e. The summed E-state index contributed by atoms with van der Waals surface area (Å²) in [6, 6.07) is 68.8. The Hall–Kier alpha value is -10.9. The molecular weight excluding hydrogens is 907 g/mol. The highest BCUT2D eigenvalue weighted by Gasteiger charge is 2.26. The summed E-state index contributed by atoms with van der Waals surface area (Å²) >= 11 is 0. The fraction of sp³-hybridized carbons (Fsp3) is 0.0308. The van der Waals surface area contributed by atoms with Gasteiger partial charge < -0.3 is 9.13 Å². The number of aryl methyl sites for hydroxylation is 2. The van der Waals surface area contributed by atoms with Gasteiger partial charge >= 0.3 is 0 Å². The first kappa shape index (κ1) is 44.3. The van der Waals surface area contributed by atoms with Crippen molar-refractivity contribution in [3.05, 3.63) is 239 Å². The minimum Gasteiger partial charge on any atom is -0.308 e. The molecule has 3 heterocycles. The van der Waals surface area contributed by atoms with Gasteiger partial charge in [-0.25, -0.2) is 19.7 Å². The number of nitriles is 3. The van der Waals surface area contributed by atoms with Gasteiger partial charge in [0, 0.05) is 32.9 Å². The molecule has 0 aliphatic rings. The number of benzene rings is 9. The minimum absolute atomic E-state index is 0.413. The van der Waals surface area contributed by atoms with Crippen molar-refractivity contribution < 1.29 is 0 Å². The van der Waals surface area contributed by atoms with Crippen LogP contribution in [0, 0.1) is 61.0 Å². The molecule has 0 amide bonds. The summed E-state index contributed by atoms with van der Waals surface area (Å²) in [4.78, 5) is 17.7. The molecule has 0 unspecified atom stereocenters. The number of hydrogen-bond donors (Lipinski definition) is 0. The third-order valence-corrected chi connectivity index (χ3v) is 13.8. The summed E-state index contributed by atoms with van der Waals surface area (Å²) < 4.78 is 4.46. The van der Waals surface area contributed by atoms with Gasteiger partial charge in [0.05, 0.1) is 87.0 Å². The molecule has 0 fully saturated rings. The summed E-state index contributed by atoms with van der Waals surface area (Å²) in [5.41, 5.74) is 17.3. The summed E-state index contributed by atoms with van der Waals surface area (Å²) in [6.07, 6.45) is 0. The normalized spacial score (nSPS) is 11.0. The van der Waals surface area contributed by atoms with Gasteiger partial charge in [0.15, 0.2) is 17.2 Å². The van der Waals surface area contributed by atoms with Gasteiger partial charge in [-0.1, -0.05) is 121 Å². The Kier molecular flexibility index (Phi) is 10.7. The predicted octanol–water partition coefficient (Wildman–Crippen LogP) is 16.3. The maximum Gasteiger partial charge on any atom is 0.187 e. The summed E-state index contributed by atoms with van der Waals surface area (Å²) in [6.45, 7) is 19.1. The molecule has 342 valence electrons. The molecule has 0 radical (unpaired) electrons. The molecule has 0 aliphatic carbocycles. The Morgan fingerprint density at radius 1 is 0.365 bits per heavy atom. The van der Waals surface area contributed by atoms with Gasteiger partial charge in [-0.2, -0.15) is 15.8 Å². The fourth-order valence-electron chi connectivity index (χ4n) is 10.3. The molecule has 0 atom stereocenters. The van der Waals surface area contributed by atoms with Crippen molar-refractivity contribution in [3.63, 3.8) is 0 Å². The SMILES string of the molecule is [C-]#[N+]c1ccc(-c2ccc3c4ccc(-c5ccc(C#N)cc5)cc4n(-c4cc(C#N)cc(-n5c6cc(-c7ccc(C#N)cc7)ccc6c6ccc(-c7ccc([N+]#[C-])cc7)cc65)c4-c4nc(C)cc(C)n4)c3c2)cc1. The highest BCUT2D eigenvalue weighted by atomic mass is 15.0. The predicted molar refractivity (Wildman–Crippen MR) is 294 cm³/mol. The van der Waals surface area contributed by atoms with Crippen molar-refractivity contribution in [3.8, 4) is 85.5 Å². The molecule has 9 nitrogen and oxygen atoms in total. The average Bonchev–Trinajstić information content (AvgIpc) is 3.95. The van der Waals surface area contributed by atoms with E-state index in [1.54, 1.807) is 0 Å². The Bertz CT molecular complexity index is 4020. The molecule has 0 N–H and O–H groups in total. The lowest BCUT2D eigenvalue weighted by molar-refractivity contribution is 1.04. The Balaban J connectivity index is 1.23. The Morgan fingerprint density at radius 3 is 0.959 bits per heavy atom. The summed E-state index contributed by atoms with van der Waals surface area (Å²) in [5, 5.41) is 34.5. The lowest BCUT2D eigenvalue weighted by atomic mass is 10.0. The second-order valence-electron chi connectivity index (χ2n) is 18.3. The van der Waals surface area contributed by atoms with Crippen LogP contribution in [-0.4, -0.2) is 19.1 Å². The third-order valence-electron chi connectivity index (χ3n) is 13.8. The van der Waals surface area contributed by atoms with Crippen LogP contribution in [0.25, 0.3) is 121 Å². The number of hydrogen-bond acceptors (Lipinski definition) is 5. The van der Waals surface area contributed by atoms with Crippen LogP contribution in [-0.2, 0) is 0 Å². The minimum atomic E-state index is 0.413. The number of aromatic nitrogens is 4. The monoisotopic (exact) mass is 943 g/mol. The highest BCUT2D eigenvalue weighted by molar-refractivity contribution is 6.14. The molecular formula is C65H37N9. The van der Waals surface area contributed by atoms with Crippen molar-refractivity contribution in [2.75, 3.05) is 0 Å². The van der Waals surface area contributed by atoms with Gasteiger partial charge in [-0.15, -0.1) is 0 Å². The van der Waals surface area contributed by atoms with Gasteiger partial charge in [-0.05, 0) is 125 Å². The zero-order valence-corrected chi connectivity index (χ0v) is 39.9. The van der Waals surface area contributed by atoms with Crippen LogP contribution in [0.2, 0.25) is 0 Å². The number of fused-ring (bicyclic) bond motifs is 6. The molecule has 9 heteroatoms. The standard InChI is InChI=1S/C65H37N9/c1-39-29-40(2)72-65(71-39)64-62(73-58-32-48(44-9-5-41(36-66)6-10-44)17-25-54(58)56-27-19-50(34-60(56)73)46-13-21-52(69-3)22-14-46)30-43(38-68)31-63(64)74-59-33-49(45-11-7-42(37-67)8-12-45)18-26-55(59)57-28-20-51(35-61(57)74)47-15-23-53(70-4)24-16-47/h5-35H,1-2H3. The zero-order valence-electron chi connectivity index (χ0n) is 39.9. The summed E-state index contributed by atoms with van der Waals surface area (Å²) in [5.74, 6) is 0.477. The van der Waals surface area contributed by atoms with Crippen LogP contribution in [0.1, 0.15) is 28.1 Å². The van der Waals surface area contributed by atoms with Crippen LogP contribution in [0.5, 0.6) is 0 Å². The molecule has 12 aromatic rings. The van der Waals surface area contributed by atoms with Crippen molar-refractivity contribution in [1.82, 2.24) is 19.1 Å². The molecule has 0 bridgehead atoms. The topological polar surface area (TPSA) is 116 Å². The van der Waals surface area contributed by atoms with E-state index in [1.165, 1.54) is 0 Å². The van der Waals surface area contributed by atoms with Gasteiger partial charge in [-0.3, -0.25) is 0 Å².